The molecule has 0 aliphatic rings. The lowest BCUT2D eigenvalue weighted by atomic mass is 10.0. The molecule has 8 nitrogen and oxygen atoms in total. The van der Waals surface area contributed by atoms with Crippen LogP contribution in [0.4, 0.5) is 5.82 Å². The molecule has 190 valence electrons. The number of rotatable bonds is 8. The summed E-state index contributed by atoms with van der Waals surface area (Å²) in [7, 11) is 0. The first-order valence-electron chi connectivity index (χ1n) is 12.3. The van der Waals surface area contributed by atoms with E-state index in [1.54, 1.807) is 13.0 Å². The zero-order chi connectivity index (χ0) is 26.5. The van der Waals surface area contributed by atoms with Crippen molar-refractivity contribution in [3.63, 3.8) is 0 Å². The predicted molar refractivity (Wildman–Crippen MR) is 146 cm³/mol. The molecule has 2 heterocycles. The van der Waals surface area contributed by atoms with Crippen LogP contribution in [-0.4, -0.2) is 39.9 Å². The maximum Gasteiger partial charge on any atom is 0.343 e. The molecule has 1 amide bonds. The van der Waals surface area contributed by atoms with Crippen LogP contribution in [0.15, 0.2) is 91.1 Å². The van der Waals surface area contributed by atoms with Crippen LogP contribution in [-0.2, 0) is 4.74 Å². The van der Waals surface area contributed by atoms with E-state index < -0.39 is 11.9 Å². The standard InChI is InChI=1S/C30H26N4O4/c1-3-37-22-16-14-20(15-17-22)27-18-24(23-12-8-9-13-26(23)32-27)29(35)33-28-25(30(36)38-4-2)19-31-34(28)21-10-6-5-7-11-21/h5-19H,3-4H2,1-2H3,(H,33,35). The van der Waals surface area contributed by atoms with Gasteiger partial charge in [0.1, 0.15) is 11.3 Å². The third-order valence-electron chi connectivity index (χ3n) is 5.92. The van der Waals surface area contributed by atoms with Gasteiger partial charge in [0.25, 0.3) is 5.91 Å². The van der Waals surface area contributed by atoms with Crippen LogP contribution >= 0.6 is 0 Å². The molecule has 0 aliphatic carbocycles. The van der Waals surface area contributed by atoms with Gasteiger partial charge in [0.2, 0.25) is 0 Å². The second-order valence-electron chi connectivity index (χ2n) is 8.36. The molecular formula is C30H26N4O4. The van der Waals surface area contributed by atoms with Gasteiger partial charge in [0.15, 0.2) is 5.82 Å². The highest BCUT2D eigenvalue weighted by Gasteiger charge is 2.23. The van der Waals surface area contributed by atoms with Gasteiger partial charge in [-0.1, -0.05) is 36.4 Å². The van der Waals surface area contributed by atoms with Gasteiger partial charge in [0, 0.05) is 10.9 Å². The van der Waals surface area contributed by atoms with E-state index in [9.17, 15) is 9.59 Å². The molecule has 0 radical (unpaired) electrons. The van der Waals surface area contributed by atoms with Gasteiger partial charge in [0.05, 0.1) is 41.9 Å². The zero-order valence-electron chi connectivity index (χ0n) is 21.0. The number of pyridine rings is 1. The van der Waals surface area contributed by atoms with Crippen molar-refractivity contribution in [3.05, 3.63) is 102 Å². The Morgan fingerprint density at radius 1 is 0.868 bits per heavy atom. The number of amides is 1. The lowest BCUT2D eigenvalue weighted by Gasteiger charge is -2.13. The fraction of sp³-hybridized carbons (Fsp3) is 0.133. The van der Waals surface area contributed by atoms with E-state index in [2.05, 4.69) is 10.4 Å². The van der Waals surface area contributed by atoms with Crippen LogP contribution in [0.5, 0.6) is 5.75 Å². The third kappa shape index (κ3) is 4.97. The average molecular weight is 507 g/mol. The van der Waals surface area contributed by atoms with Crippen molar-refractivity contribution in [2.75, 3.05) is 18.5 Å². The van der Waals surface area contributed by atoms with Gasteiger partial charge in [-0.25, -0.2) is 14.5 Å². The average Bonchev–Trinajstić information content (AvgIpc) is 3.37. The van der Waals surface area contributed by atoms with Crippen molar-refractivity contribution in [1.29, 1.82) is 0 Å². The summed E-state index contributed by atoms with van der Waals surface area (Å²) >= 11 is 0. The first-order chi connectivity index (χ1) is 18.6. The molecule has 38 heavy (non-hydrogen) atoms. The molecule has 3 aromatic carbocycles. The minimum atomic E-state index is -0.570. The highest BCUT2D eigenvalue weighted by atomic mass is 16.5. The van der Waals surface area contributed by atoms with E-state index in [4.69, 9.17) is 14.5 Å². The largest absolute Gasteiger partial charge is 0.494 e. The lowest BCUT2D eigenvalue weighted by molar-refractivity contribution is 0.0527. The highest BCUT2D eigenvalue weighted by molar-refractivity contribution is 6.14. The number of fused-ring (bicyclic) bond motifs is 1. The van der Waals surface area contributed by atoms with Crippen LogP contribution in [0, 0.1) is 0 Å². The maximum absolute atomic E-state index is 13.8. The molecule has 5 rings (SSSR count). The number of hydrogen-bond acceptors (Lipinski definition) is 6. The Hall–Kier alpha value is -4.98. The van der Waals surface area contributed by atoms with Crippen LogP contribution in [0.2, 0.25) is 0 Å². The zero-order valence-corrected chi connectivity index (χ0v) is 21.0. The maximum atomic E-state index is 13.8. The molecule has 0 saturated heterocycles. The number of aromatic nitrogens is 3. The smallest absolute Gasteiger partial charge is 0.343 e. The summed E-state index contributed by atoms with van der Waals surface area (Å²) in [6.45, 7) is 4.43. The molecule has 2 aromatic heterocycles. The van der Waals surface area contributed by atoms with Crippen molar-refractivity contribution in [3.8, 4) is 22.7 Å². The van der Waals surface area contributed by atoms with Gasteiger partial charge in [-0.3, -0.25) is 4.79 Å². The molecule has 0 spiro atoms. The van der Waals surface area contributed by atoms with Crippen LogP contribution < -0.4 is 10.1 Å². The number of carbonyl (C=O) groups is 2. The minimum Gasteiger partial charge on any atom is -0.494 e. The Labute approximate surface area is 219 Å². The first kappa shape index (κ1) is 24.7. The Morgan fingerprint density at radius 2 is 1.61 bits per heavy atom. The Kier molecular flexibility index (Phi) is 7.13. The quantitative estimate of drug-likeness (QED) is 0.263. The lowest BCUT2D eigenvalue weighted by Crippen LogP contribution is -2.18. The molecular weight excluding hydrogens is 480 g/mol. The van der Waals surface area contributed by atoms with E-state index in [1.165, 1.54) is 10.9 Å². The van der Waals surface area contributed by atoms with Crippen molar-refractivity contribution in [1.82, 2.24) is 14.8 Å². The molecule has 8 heteroatoms. The summed E-state index contributed by atoms with van der Waals surface area (Å²) < 4.78 is 12.3. The van der Waals surface area contributed by atoms with E-state index in [0.29, 0.717) is 34.5 Å². The Morgan fingerprint density at radius 3 is 2.34 bits per heavy atom. The first-order valence-corrected chi connectivity index (χ1v) is 12.3. The minimum absolute atomic E-state index is 0.161. The number of nitrogens with zero attached hydrogens (tertiary/aromatic N) is 3. The van der Waals surface area contributed by atoms with Crippen LogP contribution in [0.1, 0.15) is 34.6 Å². The van der Waals surface area contributed by atoms with Crippen molar-refractivity contribution in [2.24, 2.45) is 0 Å². The van der Waals surface area contributed by atoms with Crippen LogP contribution in [0.25, 0.3) is 27.8 Å². The highest BCUT2D eigenvalue weighted by Crippen LogP contribution is 2.28. The number of ether oxygens (including phenoxy) is 2. The molecule has 0 bridgehead atoms. The second kappa shape index (κ2) is 11.0. The summed E-state index contributed by atoms with van der Waals surface area (Å²) in [6, 6.07) is 26.0. The van der Waals surface area contributed by atoms with Gasteiger partial charge in [-0.15, -0.1) is 0 Å². The number of anilines is 1. The second-order valence-corrected chi connectivity index (χ2v) is 8.36. The molecule has 5 aromatic rings. The van der Waals surface area contributed by atoms with Gasteiger partial charge in [-0.05, 0) is 62.4 Å². The molecule has 0 fully saturated rings. The SMILES string of the molecule is CCOC(=O)c1cnn(-c2ccccc2)c1NC(=O)c1cc(-c2ccc(OCC)cc2)nc2ccccc12. The monoisotopic (exact) mass is 506 g/mol. The Bertz CT molecular complexity index is 1590. The van der Waals surface area contributed by atoms with E-state index in [-0.39, 0.29) is 18.0 Å². The fourth-order valence-corrected chi connectivity index (χ4v) is 4.17. The summed E-state index contributed by atoms with van der Waals surface area (Å²) in [5.41, 5.74) is 3.41. The normalized spacial score (nSPS) is 10.8. The molecule has 0 saturated carbocycles. The van der Waals surface area contributed by atoms with Gasteiger partial charge >= 0.3 is 5.97 Å². The van der Waals surface area contributed by atoms with Crippen molar-refractivity contribution < 1.29 is 19.1 Å². The van der Waals surface area contributed by atoms with Gasteiger partial charge in [-0.2, -0.15) is 5.10 Å². The molecule has 0 unspecified atom stereocenters. The molecule has 0 atom stereocenters. The number of nitrogens with one attached hydrogen (secondary N) is 1. The summed E-state index contributed by atoms with van der Waals surface area (Å²) in [5.74, 6) is 0.0116. The summed E-state index contributed by atoms with van der Waals surface area (Å²) in [4.78, 5) is 31.3. The predicted octanol–water partition coefficient (Wildman–Crippen LogP) is 5.92. The van der Waals surface area contributed by atoms with E-state index in [1.807, 2.05) is 85.8 Å². The van der Waals surface area contributed by atoms with Gasteiger partial charge < -0.3 is 14.8 Å². The fourth-order valence-electron chi connectivity index (χ4n) is 4.17. The molecule has 1 N–H and O–H groups in total. The number of carbonyl (C=O) groups excluding carboxylic acids is 2. The van der Waals surface area contributed by atoms with Crippen molar-refractivity contribution in [2.45, 2.75) is 13.8 Å². The van der Waals surface area contributed by atoms with Crippen molar-refractivity contribution >= 4 is 28.6 Å². The molecule has 0 aliphatic heterocycles. The summed E-state index contributed by atoms with van der Waals surface area (Å²) in [6.07, 6.45) is 1.40. The van der Waals surface area contributed by atoms with E-state index >= 15 is 0 Å². The Balaban J connectivity index is 1.58. The number of para-hydroxylation sites is 2. The van der Waals surface area contributed by atoms with E-state index in [0.717, 1.165) is 11.3 Å². The number of esters is 1. The third-order valence-corrected chi connectivity index (χ3v) is 5.92. The number of benzene rings is 3. The number of hydrogen-bond donors (Lipinski definition) is 1. The summed E-state index contributed by atoms with van der Waals surface area (Å²) in [5, 5.41) is 7.97. The topological polar surface area (TPSA) is 95.3 Å². The van der Waals surface area contributed by atoms with Crippen LogP contribution in [0.3, 0.4) is 0 Å².